The van der Waals surface area contributed by atoms with Gasteiger partial charge >= 0.3 is 0 Å². The predicted molar refractivity (Wildman–Crippen MR) is 112 cm³/mol. The highest BCUT2D eigenvalue weighted by Crippen LogP contribution is 2.18. The molecule has 2 heterocycles. The molecule has 0 saturated heterocycles. The summed E-state index contributed by atoms with van der Waals surface area (Å²) in [5.74, 6) is 1.20. The molecule has 1 atom stereocenters. The lowest BCUT2D eigenvalue weighted by Crippen LogP contribution is -2.26. The van der Waals surface area contributed by atoms with E-state index in [9.17, 15) is 9.59 Å². The molecule has 2 aromatic heterocycles. The molecule has 0 aliphatic carbocycles. The Morgan fingerprint density at radius 1 is 1.23 bits per heavy atom. The van der Waals surface area contributed by atoms with Crippen molar-refractivity contribution < 1.29 is 14.1 Å². The quantitative estimate of drug-likeness (QED) is 0.613. The van der Waals surface area contributed by atoms with E-state index in [1.165, 1.54) is 0 Å². The monoisotopic (exact) mass is 410 g/mol. The molecule has 0 aliphatic rings. The van der Waals surface area contributed by atoms with Crippen LogP contribution in [0, 0.1) is 6.92 Å². The van der Waals surface area contributed by atoms with Crippen molar-refractivity contribution in [3.05, 3.63) is 63.9 Å². The van der Waals surface area contributed by atoms with Crippen molar-refractivity contribution in [1.82, 2.24) is 20.0 Å². The Kier molecular flexibility index (Phi) is 6.66. The van der Waals surface area contributed by atoms with Crippen LogP contribution in [-0.4, -0.2) is 27.7 Å². The summed E-state index contributed by atoms with van der Waals surface area (Å²) >= 11 is 0. The molecule has 30 heavy (non-hydrogen) atoms. The predicted octanol–water partition coefficient (Wildman–Crippen LogP) is 3.05. The van der Waals surface area contributed by atoms with Gasteiger partial charge in [0.15, 0.2) is 0 Å². The molecule has 1 unspecified atom stereocenters. The molecule has 1 aromatic carbocycles. The molecule has 3 aromatic rings. The Morgan fingerprint density at radius 3 is 2.63 bits per heavy atom. The van der Waals surface area contributed by atoms with Crippen LogP contribution in [0.1, 0.15) is 43.5 Å². The van der Waals surface area contributed by atoms with Gasteiger partial charge < -0.3 is 19.1 Å². The number of hydrogen-bond donors (Lipinski definition) is 1. The number of ether oxygens (including phenoxy) is 1. The fraction of sp³-hybridized carbons (Fsp3) is 0.364. The van der Waals surface area contributed by atoms with Crippen LogP contribution >= 0.6 is 0 Å². The van der Waals surface area contributed by atoms with Crippen molar-refractivity contribution in [2.75, 3.05) is 7.11 Å². The van der Waals surface area contributed by atoms with Gasteiger partial charge in [-0.15, -0.1) is 0 Å². The highest BCUT2D eigenvalue weighted by molar-refractivity contribution is 5.76. The average Bonchev–Trinajstić information content (AvgIpc) is 3.21. The number of carbonyl (C=O) groups is 1. The zero-order valence-electron chi connectivity index (χ0n) is 17.6. The fourth-order valence-electron chi connectivity index (χ4n) is 3.21. The summed E-state index contributed by atoms with van der Waals surface area (Å²) in [6.45, 7) is 6.27. The first-order chi connectivity index (χ1) is 14.4. The zero-order valence-corrected chi connectivity index (χ0v) is 17.6. The highest BCUT2D eigenvalue weighted by atomic mass is 16.5. The number of pyridine rings is 1. The van der Waals surface area contributed by atoms with Crippen molar-refractivity contribution >= 4 is 5.91 Å². The SMILES string of the molecule is CCn1c(C)ccc(-c2noc(CCC(=O)NC(C)c3ccc(OC)cc3)n2)c1=O. The summed E-state index contributed by atoms with van der Waals surface area (Å²) in [4.78, 5) is 29.1. The molecular weight excluding hydrogens is 384 g/mol. The minimum atomic E-state index is -0.157. The molecule has 0 aliphatic heterocycles. The van der Waals surface area contributed by atoms with Gasteiger partial charge in [-0.2, -0.15) is 4.98 Å². The van der Waals surface area contributed by atoms with Gasteiger partial charge in [0.1, 0.15) is 5.75 Å². The van der Waals surface area contributed by atoms with Crippen LogP contribution < -0.4 is 15.6 Å². The number of hydrogen-bond acceptors (Lipinski definition) is 6. The van der Waals surface area contributed by atoms with E-state index >= 15 is 0 Å². The Labute approximate surface area is 174 Å². The van der Waals surface area contributed by atoms with Crippen molar-refractivity contribution in [1.29, 1.82) is 0 Å². The maximum Gasteiger partial charge on any atom is 0.261 e. The van der Waals surface area contributed by atoms with Gasteiger partial charge in [-0.1, -0.05) is 17.3 Å². The van der Waals surface area contributed by atoms with Crippen LogP contribution in [0.5, 0.6) is 5.75 Å². The standard InChI is InChI=1S/C22H26N4O4/c1-5-26-14(2)6-11-18(22(26)28)21-24-20(30-25-21)13-12-19(27)23-15(3)16-7-9-17(29-4)10-8-16/h6-11,15H,5,12-13H2,1-4H3,(H,23,27). The summed E-state index contributed by atoms with van der Waals surface area (Å²) in [7, 11) is 1.61. The Morgan fingerprint density at radius 2 is 1.97 bits per heavy atom. The second-order valence-corrected chi connectivity index (χ2v) is 7.01. The summed E-state index contributed by atoms with van der Waals surface area (Å²) < 4.78 is 12.0. The third-order valence-corrected chi connectivity index (χ3v) is 4.98. The minimum absolute atomic E-state index is 0.123. The summed E-state index contributed by atoms with van der Waals surface area (Å²) in [6.07, 6.45) is 0.497. The van der Waals surface area contributed by atoms with Gasteiger partial charge in [-0.3, -0.25) is 9.59 Å². The number of aromatic nitrogens is 3. The van der Waals surface area contributed by atoms with Gasteiger partial charge in [-0.05, 0) is 50.6 Å². The molecular formula is C22H26N4O4. The first-order valence-corrected chi connectivity index (χ1v) is 9.89. The van der Waals surface area contributed by atoms with E-state index in [2.05, 4.69) is 15.5 Å². The maximum atomic E-state index is 12.6. The van der Waals surface area contributed by atoms with E-state index in [0.717, 1.165) is 17.0 Å². The zero-order chi connectivity index (χ0) is 21.7. The van der Waals surface area contributed by atoms with Gasteiger partial charge in [0.05, 0.1) is 18.7 Å². The molecule has 0 saturated carbocycles. The third kappa shape index (κ3) is 4.76. The number of nitrogens with zero attached hydrogens (tertiary/aromatic N) is 3. The van der Waals surface area contributed by atoms with Crippen LogP contribution in [0.4, 0.5) is 0 Å². The van der Waals surface area contributed by atoms with Crippen molar-refractivity contribution in [2.45, 2.75) is 46.2 Å². The molecule has 0 fully saturated rings. The van der Waals surface area contributed by atoms with Crippen molar-refractivity contribution in [2.24, 2.45) is 0 Å². The maximum absolute atomic E-state index is 12.6. The normalized spacial score (nSPS) is 11.9. The fourth-order valence-corrected chi connectivity index (χ4v) is 3.21. The second kappa shape index (κ2) is 9.39. The summed E-state index contributed by atoms with van der Waals surface area (Å²) in [6, 6.07) is 11.0. The van der Waals surface area contributed by atoms with E-state index in [1.54, 1.807) is 17.7 Å². The van der Waals surface area contributed by atoms with Crippen LogP contribution in [0.15, 0.2) is 45.7 Å². The van der Waals surface area contributed by atoms with E-state index < -0.39 is 0 Å². The van der Waals surface area contributed by atoms with Crippen LogP contribution in [0.3, 0.4) is 0 Å². The Bertz CT molecular complexity index is 1070. The number of carbonyl (C=O) groups excluding carboxylic acids is 1. The smallest absolute Gasteiger partial charge is 0.261 e. The van der Waals surface area contributed by atoms with E-state index in [-0.39, 0.29) is 29.8 Å². The molecule has 1 N–H and O–H groups in total. The number of aryl methyl sites for hydroxylation is 2. The molecule has 0 spiro atoms. The van der Waals surface area contributed by atoms with Crippen LogP contribution in [0.2, 0.25) is 0 Å². The molecule has 3 rings (SSSR count). The molecule has 8 nitrogen and oxygen atoms in total. The number of rotatable bonds is 8. The number of methoxy groups -OCH3 is 1. The first kappa shape index (κ1) is 21.3. The number of benzene rings is 1. The van der Waals surface area contributed by atoms with E-state index in [4.69, 9.17) is 9.26 Å². The van der Waals surface area contributed by atoms with E-state index in [0.29, 0.717) is 24.4 Å². The minimum Gasteiger partial charge on any atom is -0.497 e. The summed E-state index contributed by atoms with van der Waals surface area (Å²) in [5.41, 5.74) is 2.08. The lowest BCUT2D eigenvalue weighted by molar-refractivity contribution is -0.121. The van der Waals surface area contributed by atoms with Gasteiger partial charge in [0, 0.05) is 25.1 Å². The molecule has 1 amide bonds. The molecule has 158 valence electrons. The number of nitrogens with one attached hydrogen (secondary N) is 1. The van der Waals surface area contributed by atoms with E-state index in [1.807, 2.05) is 51.1 Å². The largest absolute Gasteiger partial charge is 0.497 e. The van der Waals surface area contributed by atoms with Crippen LogP contribution in [-0.2, 0) is 17.8 Å². The third-order valence-electron chi connectivity index (χ3n) is 4.98. The first-order valence-electron chi connectivity index (χ1n) is 9.89. The molecule has 0 bridgehead atoms. The molecule has 8 heteroatoms. The van der Waals surface area contributed by atoms with Crippen molar-refractivity contribution in [3.8, 4) is 17.1 Å². The van der Waals surface area contributed by atoms with Gasteiger partial charge in [-0.25, -0.2) is 0 Å². The van der Waals surface area contributed by atoms with Gasteiger partial charge in [0.2, 0.25) is 17.6 Å². The van der Waals surface area contributed by atoms with Gasteiger partial charge in [0.25, 0.3) is 5.56 Å². The highest BCUT2D eigenvalue weighted by Gasteiger charge is 2.16. The lowest BCUT2D eigenvalue weighted by Gasteiger charge is -2.14. The number of amides is 1. The Hall–Kier alpha value is -3.42. The lowest BCUT2D eigenvalue weighted by atomic mass is 10.1. The Balaban J connectivity index is 1.60. The van der Waals surface area contributed by atoms with Crippen LogP contribution in [0.25, 0.3) is 11.4 Å². The second-order valence-electron chi connectivity index (χ2n) is 7.01. The average molecular weight is 410 g/mol. The topological polar surface area (TPSA) is 99.2 Å². The summed E-state index contributed by atoms with van der Waals surface area (Å²) in [5, 5.41) is 6.86. The molecule has 0 radical (unpaired) electrons. The van der Waals surface area contributed by atoms with Crippen molar-refractivity contribution in [3.63, 3.8) is 0 Å².